The molecular weight excluding hydrogens is 271 g/mol. The summed E-state index contributed by atoms with van der Waals surface area (Å²) in [5.41, 5.74) is -1.09. The molecule has 8 heteroatoms. The van der Waals surface area contributed by atoms with Crippen molar-refractivity contribution >= 4 is 17.6 Å². The Morgan fingerprint density at radius 1 is 1.50 bits per heavy atom. The summed E-state index contributed by atoms with van der Waals surface area (Å²) >= 11 is 0. The van der Waals surface area contributed by atoms with Gasteiger partial charge in [0.2, 0.25) is 0 Å². The van der Waals surface area contributed by atoms with Crippen molar-refractivity contribution in [2.45, 2.75) is 0 Å². The first-order valence-electron chi connectivity index (χ1n) is 5.42. The van der Waals surface area contributed by atoms with Crippen LogP contribution in [0.5, 0.6) is 0 Å². The highest BCUT2D eigenvalue weighted by molar-refractivity contribution is 5.99. The number of rotatable bonds is 6. The van der Waals surface area contributed by atoms with E-state index in [1.807, 2.05) is 0 Å². The summed E-state index contributed by atoms with van der Waals surface area (Å²) in [6.07, 6.45) is 1.27. The molecule has 0 saturated carbocycles. The van der Waals surface area contributed by atoms with Crippen LogP contribution in [0, 0.1) is 15.9 Å². The van der Waals surface area contributed by atoms with Crippen molar-refractivity contribution in [2.24, 2.45) is 0 Å². The molecule has 1 N–H and O–H groups in total. The number of nitro benzene ring substituents is 1. The van der Waals surface area contributed by atoms with E-state index in [4.69, 9.17) is 5.11 Å². The van der Waals surface area contributed by atoms with Gasteiger partial charge in [0.05, 0.1) is 4.92 Å². The number of hydrogen-bond donors (Lipinski definition) is 1. The van der Waals surface area contributed by atoms with Gasteiger partial charge in [0, 0.05) is 12.6 Å². The van der Waals surface area contributed by atoms with E-state index in [1.54, 1.807) is 0 Å². The quantitative estimate of drug-likeness (QED) is 0.483. The van der Waals surface area contributed by atoms with Crippen molar-refractivity contribution < 1.29 is 24.0 Å². The van der Waals surface area contributed by atoms with Crippen LogP contribution in [0.15, 0.2) is 30.9 Å². The summed E-state index contributed by atoms with van der Waals surface area (Å²) in [4.78, 5) is 33.6. The number of carboxylic acids is 1. The second-order valence-corrected chi connectivity index (χ2v) is 3.79. The van der Waals surface area contributed by atoms with Gasteiger partial charge in [-0.15, -0.1) is 6.58 Å². The van der Waals surface area contributed by atoms with E-state index < -0.39 is 40.4 Å². The maximum Gasteiger partial charge on any atom is 0.323 e. The molecule has 0 heterocycles. The highest BCUT2D eigenvalue weighted by atomic mass is 19.1. The fourth-order valence-corrected chi connectivity index (χ4v) is 1.55. The van der Waals surface area contributed by atoms with Gasteiger partial charge in [-0.2, -0.15) is 0 Å². The number of amides is 1. The van der Waals surface area contributed by atoms with E-state index in [0.717, 1.165) is 17.0 Å². The van der Waals surface area contributed by atoms with Gasteiger partial charge >= 0.3 is 5.97 Å². The zero-order valence-corrected chi connectivity index (χ0v) is 10.3. The van der Waals surface area contributed by atoms with E-state index in [2.05, 4.69) is 6.58 Å². The lowest BCUT2D eigenvalue weighted by Crippen LogP contribution is -2.36. The Bertz CT molecular complexity index is 573. The maximum atomic E-state index is 13.2. The smallest absolute Gasteiger partial charge is 0.323 e. The number of carboxylic acid groups (broad SMARTS) is 1. The standard InChI is InChI=1S/C12H11FN2O5/c1-2-5-14(7-11(16)17)12(18)9-6-8(13)3-4-10(9)15(19)20/h2-4,6H,1,5,7H2,(H,16,17). The molecule has 0 aliphatic carbocycles. The van der Waals surface area contributed by atoms with Crippen molar-refractivity contribution in [1.82, 2.24) is 4.90 Å². The van der Waals surface area contributed by atoms with Gasteiger partial charge < -0.3 is 10.0 Å². The van der Waals surface area contributed by atoms with Gasteiger partial charge in [-0.1, -0.05) is 6.08 Å². The first kappa shape index (κ1) is 15.3. The van der Waals surface area contributed by atoms with Crippen molar-refractivity contribution in [3.8, 4) is 0 Å². The highest BCUT2D eigenvalue weighted by Gasteiger charge is 2.26. The molecule has 1 amide bonds. The molecule has 0 aliphatic heterocycles. The number of carbonyl (C=O) groups excluding carboxylic acids is 1. The van der Waals surface area contributed by atoms with Gasteiger partial charge in [-0.3, -0.25) is 19.7 Å². The molecule has 0 spiro atoms. The molecule has 0 unspecified atom stereocenters. The molecule has 0 fully saturated rings. The topological polar surface area (TPSA) is 101 Å². The van der Waals surface area contributed by atoms with Gasteiger partial charge in [0.1, 0.15) is 17.9 Å². The van der Waals surface area contributed by atoms with Crippen LogP contribution < -0.4 is 0 Å². The van der Waals surface area contributed by atoms with Crippen LogP contribution in [-0.4, -0.2) is 39.9 Å². The Morgan fingerprint density at radius 2 is 2.15 bits per heavy atom. The monoisotopic (exact) mass is 282 g/mol. The average Bonchev–Trinajstić information content (AvgIpc) is 2.36. The van der Waals surface area contributed by atoms with Crippen LogP contribution in [0.2, 0.25) is 0 Å². The molecule has 0 radical (unpaired) electrons. The van der Waals surface area contributed by atoms with E-state index in [9.17, 15) is 24.1 Å². The lowest BCUT2D eigenvalue weighted by molar-refractivity contribution is -0.385. The number of nitrogens with zero attached hydrogens (tertiary/aromatic N) is 2. The molecule has 106 valence electrons. The summed E-state index contributed by atoms with van der Waals surface area (Å²) in [7, 11) is 0. The first-order chi connectivity index (χ1) is 9.36. The average molecular weight is 282 g/mol. The number of hydrogen-bond acceptors (Lipinski definition) is 4. The first-order valence-corrected chi connectivity index (χ1v) is 5.42. The Kier molecular flexibility index (Phi) is 4.90. The third-order valence-corrected chi connectivity index (χ3v) is 2.35. The third-order valence-electron chi connectivity index (χ3n) is 2.35. The summed E-state index contributed by atoms with van der Waals surface area (Å²) in [6, 6.07) is 2.41. The van der Waals surface area contributed by atoms with Crippen LogP contribution in [0.1, 0.15) is 10.4 Å². The lowest BCUT2D eigenvalue weighted by Gasteiger charge is -2.18. The number of aliphatic carboxylic acids is 1. The van der Waals surface area contributed by atoms with Gasteiger partial charge in [0.25, 0.3) is 11.6 Å². The third kappa shape index (κ3) is 3.61. The van der Waals surface area contributed by atoms with E-state index in [-0.39, 0.29) is 6.54 Å². The minimum atomic E-state index is -1.29. The Morgan fingerprint density at radius 3 is 2.65 bits per heavy atom. The van der Waals surface area contributed by atoms with Gasteiger partial charge in [-0.25, -0.2) is 4.39 Å². The minimum Gasteiger partial charge on any atom is -0.480 e. The second kappa shape index (κ2) is 6.41. The van der Waals surface area contributed by atoms with E-state index >= 15 is 0 Å². The maximum absolute atomic E-state index is 13.2. The summed E-state index contributed by atoms with van der Waals surface area (Å²) in [5, 5.41) is 19.5. The lowest BCUT2D eigenvalue weighted by atomic mass is 10.1. The molecule has 0 atom stereocenters. The number of carbonyl (C=O) groups is 2. The van der Waals surface area contributed by atoms with E-state index in [1.165, 1.54) is 6.08 Å². The molecule has 1 aromatic carbocycles. The fraction of sp³-hybridized carbons (Fsp3) is 0.167. The molecule has 7 nitrogen and oxygen atoms in total. The van der Waals surface area contributed by atoms with Crippen LogP contribution in [0.3, 0.4) is 0 Å². The molecule has 1 aromatic rings. The molecular formula is C12H11FN2O5. The molecule has 0 saturated heterocycles. The largest absolute Gasteiger partial charge is 0.480 e. The summed E-state index contributed by atoms with van der Waals surface area (Å²) in [5.74, 6) is -3.06. The predicted molar refractivity (Wildman–Crippen MR) is 66.8 cm³/mol. The summed E-state index contributed by atoms with van der Waals surface area (Å²) < 4.78 is 13.2. The minimum absolute atomic E-state index is 0.126. The molecule has 0 aromatic heterocycles. The van der Waals surface area contributed by atoms with Crippen LogP contribution in [-0.2, 0) is 4.79 Å². The normalized spacial score (nSPS) is 9.85. The van der Waals surface area contributed by atoms with Crippen LogP contribution >= 0.6 is 0 Å². The zero-order valence-electron chi connectivity index (χ0n) is 10.3. The zero-order chi connectivity index (χ0) is 15.3. The second-order valence-electron chi connectivity index (χ2n) is 3.79. The predicted octanol–water partition coefficient (Wildman–Crippen LogP) is 1.45. The van der Waals surface area contributed by atoms with Gasteiger partial charge in [-0.05, 0) is 12.1 Å². The SMILES string of the molecule is C=CCN(CC(=O)O)C(=O)c1cc(F)ccc1[N+](=O)[O-]. The van der Waals surface area contributed by atoms with Crippen molar-refractivity contribution in [2.75, 3.05) is 13.1 Å². The van der Waals surface area contributed by atoms with Crippen molar-refractivity contribution in [3.05, 3.63) is 52.3 Å². The van der Waals surface area contributed by atoms with Crippen LogP contribution in [0.4, 0.5) is 10.1 Å². The number of benzene rings is 1. The Hall–Kier alpha value is -2.77. The van der Waals surface area contributed by atoms with Gasteiger partial charge in [0.15, 0.2) is 0 Å². The van der Waals surface area contributed by atoms with E-state index in [0.29, 0.717) is 6.07 Å². The molecule has 1 rings (SSSR count). The summed E-state index contributed by atoms with van der Waals surface area (Å²) in [6.45, 7) is 2.57. The number of halogens is 1. The van der Waals surface area contributed by atoms with Crippen molar-refractivity contribution in [3.63, 3.8) is 0 Å². The fourth-order valence-electron chi connectivity index (χ4n) is 1.55. The number of nitro groups is 1. The Balaban J connectivity index is 3.22. The Labute approximate surface area is 113 Å². The molecule has 0 aliphatic rings. The highest BCUT2D eigenvalue weighted by Crippen LogP contribution is 2.21. The molecule has 0 bridgehead atoms. The van der Waals surface area contributed by atoms with Crippen LogP contribution in [0.25, 0.3) is 0 Å². The van der Waals surface area contributed by atoms with Crippen molar-refractivity contribution in [1.29, 1.82) is 0 Å². The molecule has 20 heavy (non-hydrogen) atoms.